The number of aryl methyl sites for hydroxylation is 1. The van der Waals surface area contributed by atoms with Crippen LogP contribution in [0.15, 0.2) is 71.1 Å². The second kappa shape index (κ2) is 8.06. The van der Waals surface area contributed by atoms with Gasteiger partial charge < -0.3 is 19.8 Å². The summed E-state index contributed by atoms with van der Waals surface area (Å²) in [5.41, 5.74) is 0.701. The van der Waals surface area contributed by atoms with Crippen LogP contribution < -0.4 is 15.4 Å². The molecule has 1 heterocycles. The van der Waals surface area contributed by atoms with Crippen LogP contribution in [0.25, 0.3) is 0 Å². The Morgan fingerprint density at radius 2 is 1.68 bits per heavy atom. The Balaban J connectivity index is 1.45. The lowest BCUT2D eigenvalue weighted by atomic mass is 10.3. The van der Waals surface area contributed by atoms with Gasteiger partial charge in [-0.2, -0.15) is 0 Å². The molecule has 2 aromatic carbocycles. The number of anilines is 1. The highest BCUT2D eigenvalue weighted by molar-refractivity contribution is 5.89. The van der Waals surface area contributed by atoms with Gasteiger partial charge in [0.1, 0.15) is 23.0 Å². The van der Waals surface area contributed by atoms with E-state index in [0.717, 1.165) is 17.3 Å². The minimum atomic E-state index is -0.250. The van der Waals surface area contributed by atoms with Crippen molar-refractivity contribution in [3.63, 3.8) is 0 Å². The highest BCUT2D eigenvalue weighted by Gasteiger charge is 2.04. The van der Waals surface area contributed by atoms with Crippen LogP contribution >= 0.6 is 0 Å². The Labute approximate surface area is 146 Å². The van der Waals surface area contributed by atoms with Crippen molar-refractivity contribution >= 4 is 11.7 Å². The van der Waals surface area contributed by atoms with E-state index in [1.807, 2.05) is 61.5 Å². The number of ether oxygens (including phenoxy) is 1. The predicted octanol–water partition coefficient (Wildman–Crippen LogP) is 4.74. The van der Waals surface area contributed by atoms with Crippen LogP contribution in [0.4, 0.5) is 10.5 Å². The molecule has 0 aliphatic rings. The molecule has 0 unspecified atom stereocenters. The maximum atomic E-state index is 11.9. The van der Waals surface area contributed by atoms with Gasteiger partial charge in [0, 0.05) is 18.7 Å². The van der Waals surface area contributed by atoms with E-state index in [1.54, 1.807) is 12.1 Å². The van der Waals surface area contributed by atoms with Crippen molar-refractivity contribution < 1.29 is 13.9 Å². The highest BCUT2D eigenvalue weighted by Crippen LogP contribution is 2.22. The SMILES string of the molecule is Cc1ccc(CCNC(=O)Nc2ccc(Oc3ccccc3)cc2)o1. The Bertz CT molecular complexity index is 810. The van der Waals surface area contributed by atoms with Crippen molar-refractivity contribution in [2.24, 2.45) is 0 Å². The van der Waals surface area contributed by atoms with E-state index in [4.69, 9.17) is 9.15 Å². The van der Waals surface area contributed by atoms with E-state index in [2.05, 4.69) is 10.6 Å². The lowest BCUT2D eigenvalue weighted by molar-refractivity contribution is 0.252. The molecule has 0 atom stereocenters. The zero-order valence-electron chi connectivity index (χ0n) is 14.0. The molecule has 0 bridgehead atoms. The number of amides is 2. The van der Waals surface area contributed by atoms with E-state index < -0.39 is 0 Å². The van der Waals surface area contributed by atoms with Crippen molar-refractivity contribution in [3.8, 4) is 11.5 Å². The molecule has 2 amide bonds. The third-order valence-electron chi connectivity index (χ3n) is 3.54. The molecule has 0 fully saturated rings. The number of benzene rings is 2. The maximum absolute atomic E-state index is 11.9. The van der Waals surface area contributed by atoms with Crippen molar-refractivity contribution in [1.29, 1.82) is 0 Å². The smallest absolute Gasteiger partial charge is 0.319 e. The maximum Gasteiger partial charge on any atom is 0.319 e. The van der Waals surface area contributed by atoms with Crippen LogP contribution in [0.5, 0.6) is 11.5 Å². The van der Waals surface area contributed by atoms with Crippen molar-refractivity contribution in [1.82, 2.24) is 5.32 Å². The van der Waals surface area contributed by atoms with Gasteiger partial charge in [0.05, 0.1) is 0 Å². The number of nitrogens with one attached hydrogen (secondary N) is 2. The summed E-state index contributed by atoms with van der Waals surface area (Å²) in [6.07, 6.45) is 0.658. The predicted molar refractivity (Wildman–Crippen MR) is 97.1 cm³/mol. The molecule has 0 saturated carbocycles. The Morgan fingerprint density at radius 3 is 2.36 bits per heavy atom. The minimum absolute atomic E-state index is 0.250. The van der Waals surface area contributed by atoms with E-state index in [0.29, 0.717) is 24.4 Å². The molecule has 0 radical (unpaired) electrons. The summed E-state index contributed by atoms with van der Waals surface area (Å²) < 4.78 is 11.2. The molecule has 0 spiro atoms. The second-order valence-corrected chi connectivity index (χ2v) is 5.58. The van der Waals surface area contributed by atoms with Crippen molar-refractivity contribution in [3.05, 3.63) is 78.3 Å². The van der Waals surface area contributed by atoms with Crippen LogP contribution in [0.1, 0.15) is 11.5 Å². The quantitative estimate of drug-likeness (QED) is 0.683. The van der Waals surface area contributed by atoms with Crippen molar-refractivity contribution in [2.75, 3.05) is 11.9 Å². The molecule has 128 valence electrons. The molecule has 5 nitrogen and oxygen atoms in total. The number of hydrogen-bond donors (Lipinski definition) is 2. The standard InChI is InChI=1S/C20H20N2O3/c1-15-7-10-19(24-15)13-14-21-20(23)22-16-8-11-18(12-9-16)25-17-5-3-2-4-6-17/h2-12H,13-14H2,1H3,(H2,21,22,23). The summed E-state index contributed by atoms with van der Waals surface area (Å²) in [6, 6.07) is 20.4. The number of urea groups is 1. The molecular formula is C20H20N2O3. The third-order valence-corrected chi connectivity index (χ3v) is 3.54. The van der Waals surface area contributed by atoms with Gasteiger partial charge in [0.2, 0.25) is 0 Å². The number of carbonyl (C=O) groups is 1. The lowest BCUT2D eigenvalue weighted by Crippen LogP contribution is -2.30. The Hall–Kier alpha value is -3.21. The largest absolute Gasteiger partial charge is 0.466 e. The highest BCUT2D eigenvalue weighted by atomic mass is 16.5. The van der Waals surface area contributed by atoms with Crippen LogP contribution in [0.2, 0.25) is 0 Å². The minimum Gasteiger partial charge on any atom is -0.466 e. The molecule has 25 heavy (non-hydrogen) atoms. The summed E-state index contributed by atoms with van der Waals surface area (Å²) in [7, 11) is 0. The van der Waals surface area contributed by atoms with Gasteiger partial charge in [0.15, 0.2) is 0 Å². The topological polar surface area (TPSA) is 63.5 Å². The molecular weight excluding hydrogens is 316 g/mol. The number of carbonyl (C=O) groups excluding carboxylic acids is 1. The Kier molecular flexibility index (Phi) is 5.36. The van der Waals surface area contributed by atoms with Gasteiger partial charge in [-0.05, 0) is 55.5 Å². The molecule has 5 heteroatoms. The first-order valence-corrected chi connectivity index (χ1v) is 8.12. The second-order valence-electron chi connectivity index (χ2n) is 5.58. The fourth-order valence-corrected chi connectivity index (χ4v) is 2.32. The summed E-state index contributed by atoms with van der Waals surface area (Å²) in [4.78, 5) is 11.9. The first-order valence-electron chi connectivity index (χ1n) is 8.12. The first kappa shape index (κ1) is 16.6. The summed E-state index contributed by atoms with van der Waals surface area (Å²) >= 11 is 0. The van der Waals surface area contributed by atoms with Crippen LogP contribution in [-0.4, -0.2) is 12.6 Å². The molecule has 2 N–H and O–H groups in total. The van der Waals surface area contributed by atoms with Crippen LogP contribution in [0.3, 0.4) is 0 Å². The van der Waals surface area contributed by atoms with Gasteiger partial charge in [0.25, 0.3) is 0 Å². The number of rotatable bonds is 6. The lowest BCUT2D eigenvalue weighted by Gasteiger charge is -2.09. The summed E-state index contributed by atoms with van der Waals surface area (Å²) in [5.74, 6) is 3.22. The first-order chi connectivity index (χ1) is 12.2. The zero-order valence-corrected chi connectivity index (χ0v) is 14.0. The average Bonchev–Trinajstić information content (AvgIpc) is 3.03. The zero-order chi connectivity index (χ0) is 17.5. The van der Waals surface area contributed by atoms with E-state index in [-0.39, 0.29) is 6.03 Å². The summed E-state index contributed by atoms with van der Waals surface area (Å²) in [5, 5.41) is 5.59. The van der Waals surface area contributed by atoms with Crippen LogP contribution in [0, 0.1) is 6.92 Å². The molecule has 0 aliphatic carbocycles. The number of hydrogen-bond acceptors (Lipinski definition) is 3. The normalized spacial score (nSPS) is 10.3. The third kappa shape index (κ3) is 5.14. The van der Waals surface area contributed by atoms with E-state index in [1.165, 1.54) is 0 Å². The molecule has 0 saturated heterocycles. The molecule has 3 rings (SSSR count). The van der Waals surface area contributed by atoms with Gasteiger partial charge in [-0.15, -0.1) is 0 Å². The Morgan fingerprint density at radius 1 is 0.960 bits per heavy atom. The fourth-order valence-electron chi connectivity index (χ4n) is 2.32. The molecule has 3 aromatic rings. The molecule has 0 aliphatic heterocycles. The number of furan rings is 1. The summed E-state index contributed by atoms with van der Waals surface area (Å²) in [6.45, 7) is 2.41. The number of para-hydroxylation sites is 1. The monoisotopic (exact) mass is 336 g/mol. The van der Waals surface area contributed by atoms with Crippen molar-refractivity contribution in [2.45, 2.75) is 13.3 Å². The average molecular weight is 336 g/mol. The van der Waals surface area contributed by atoms with E-state index >= 15 is 0 Å². The van der Waals surface area contributed by atoms with Crippen LogP contribution in [-0.2, 0) is 6.42 Å². The molecule has 1 aromatic heterocycles. The van der Waals surface area contributed by atoms with Gasteiger partial charge in [-0.3, -0.25) is 0 Å². The van der Waals surface area contributed by atoms with Gasteiger partial charge in [-0.1, -0.05) is 18.2 Å². The fraction of sp³-hybridized carbons (Fsp3) is 0.150. The van der Waals surface area contributed by atoms with E-state index in [9.17, 15) is 4.79 Å². The van der Waals surface area contributed by atoms with Gasteiger partial charge >= 0.3 is 6.03 Å². The van der Waals surface area contributed by atoms with Gasteiger partial charge in [-0.25, -0.2) is 4.79 Å².